The van der Waals surface area contributed by atoms with Gasteiger partial charge in [0.1, 0.15) is 6.04 Å². The zero-order valence-corrected chi connectivity index (χ0v) is 16.2. The van der Waals surface area contributed by atoms with E-state index >= 15 is 0 Å². The predicted octanol–water partition coefficient (Wildman–Crippen LogP) is 0.752. The third kappa shape index (κ3) is 5.46. The van der Waals surface area contributed by atoms with Crippen LogP contribution < -0.4 is 10.6 Å². The highest BCUT2D eigenvalue weighted by molar-refractivity contribution is 7.80. The number of carbonyl (C=O) groups is 3. The van der Waals surface area contributed by atoms with Gasteiger partial charge in [-0.15, -0.1) is 0 Å². The molecule has 28 heavy (non-hydrogen) atoms. The van der Waals surface area contributed by atoms with Gasteiger partial charge in [-0.05, 0) is 38.2 Å². The number of nitro benzene ring substituents is 1. The smallest absolute Gasteiger partial charge is 0.308 e. The van der Waals surface area contributed by atoms with Crippen molar-refractivity contribution in [1.82, 2.24) is 15.5 Å². The molecule has 10 nitrogen and oxygen atoms in total. The second-order valence-corrected chi connectivity index (χ2v) is 6.69. The van der Waals surface area contributed by atoms with Crippen molar-refractivity contribution in [3.05, 3.63) is 39.9 Å². The lowest BCUT2D eigenvalue weighted by Gasteiger charge is -2.36. The minimum Gasteiger partial charge on any atom is -0.463 e. The Morgan fingerprint density at radius 2 is 2.04 bits per heavy atom. The van der Waals surface area contributed by atoms with Crippen LogP contribution in [0.3, 0.4) is 0 Å². The van der Waals surface area contributed by atoms with Gasteiger partial charge in [0.15, 0.2) is 5.11 Å². The molecule has 1 saturated heterocycles. The highest BCUT2D eigenvalue weighted by Crippen LogP contribution is 2.14. The second kappa shape index (κ2) is 9.22. The van der Waals surface area contributed by atoms with Crippen LogP contribution in [0.1, 0.15) is 30.6 Å². The maximum Gasteiger partial charge on any atom is 0.308 e. The summed E-state index contributed by atoms with van der Waals surface area (Å²) in [6.45, 7) is 4.02. The summed E-state index contributed by atoms with van der Waals surface area (Å²) in [5.41, 5.74) is 0.0285. The standard InChI is InChI=1S/C17H20N4O6S/c1-10(2)27-14(22)9-13-16(24)18-7-8-20(13)17(28)19-15(23)11-3-5-12(6-4-11)21(25)26/h3-6,10,13H,7-9H2,1-2H3,(H,18,24)(H,19,23,28)/t13-/m0/s1. The third-order valence-electron chi connectivity index (χ3n) is 3.88. The van der Waals surface area contributed by atoms with Crippen molar-refractivity contribution in [3.63, 3.8) is 0 Å². The average Bonchev–Trinajstić information content (AvgIpc) is 2.62. The molecular weight excluding hydrogens is 388 g/mol. The molecule has 11 heteroatoms. The van der Waals surface area contributed by atoms with E-state index in [1.807, 2.05) is 0 Å². The normalized spacial score (nSPS) is 16.3. The van der Waals surface area contributed by atoms with Gasteiger partial charge in [0.25, 0.3) is 11.6 Å². The Hall–Kier alpha value is -3.08. The van der Waals surface area contributed by atoms with Crippen LogP contribution in [-0.4, -0.2) is 58.0 Å². The summed E-state index contributed by atoms with van der Waals surface area (Å²) in [4.78, 5) is 48.1. The summed E-state index contributed by atoms with van der Waals surface area (Å²) in [6, 6.07) is 4.12. The summed E-state index contributed by atoms with van der Waals surface area (Å²) in [5.74, 6) is -1.51. The molecule has 0 radical (unpaired) electrons. The molecule has 2 amide bonds. The van der Waals surface area contributed by atoms with Gasteiger partial charge in [-0.25, -0.2) is 0 Å². The van der Waals surface area contributed by atoms with Gasteiger partial charge >= 0.3 is 5.97 Å². The topological polar surface area (TPSA) is 131 Å². The molecule has 1 atom stereocenters. The van der Waals surface area contributed by atoms with Gasteiger partial charge < -0.3 is 15.0 Å². The molecule has 1 aromatic carbocycles. The lowest BCUT2D eigenvalue weighted by molar-refractivity contribution is -0.384. The fourth-order valence-corrected chi connectivity index (χ4v) is 2.92. The SMILES string of the molecule is CC(C)OC(=O)C[C@H]1C(=O)NCCN1C(=S)NC(=O)c1ccc([N+](=O)[O-])cc1. The van der Waals surface area contributed by atoms with Crippen molar-refractivity contribution in [3.8, 4) is 0 Å². The Morgan fingerprint density at radius 1 is 1.39 bits per heavy atom. The number of hydrogen-bond donors (Lipinski definition) is 2. The van der Waals surface area contributed by atoms with E-state index in [1.165, 1.54) is 29.2 Å². The van der Waals surface area contributed by atoms with E-state index < -0.39 is 22.8 Å². The fourth-order valence-electron chi connectivity index (χ4n) is 2.61. The number of nitrogens with zero attached hydrogens (tertiary/aromatic N) is 2. The Bertz CT molecular complexity index is 795. The number of hydrogen-bond acceptors (Lipinski definition) is 7. The molecule has 1 fully saturated rings. The van der Waals surface area contributed by atoms with Crippen molar-refractivity contribution in [2.24, 2.45) is 0 Å². The number of piperazine rings is 1. The largest absolute Gasteiger partial charge is 0.463 e. The highest BCUT2D eigenvalue weighted by atomic mass is 32.1. The Balaban J connectivity index is 2.06. The van der Waals surface area contributed by atoms with Crippen LogP contribution in [0.25, 0.3) is 0 Å². The summed E-state index contributed by atoms with van der Waals surface area (Å²) in [6.07, 6.45) is -0.529. The number of nitrogens with one attached hydrogen (secondary N) is 2. The molecule has 1 heterocycles. The molecule has 0 saturated carbocycles. The summed E-state index contributed by atoms with van der Waals surface area (Å²) >= 11 is 5.24. The van der Waals surface area contributed by atoms with E-state index in [0.29, 0.717) is 13.1 Å². The van der Waals surface area contributed by atoms with Crippen LogP contribution in [0, 0.1) is 10.1 Å². The molecule has 0 aliphatic carbocycles. The van der Waals surface area contributed by atoms with Crippen LogP contribution in [0.15, 0.2) is 24.3 Å². The van der Waals surface area contributed by atoms with E-state index in [4.69, 9.17) is 17.0 Å². The van der Waals surface area contributed by atoms with E-state index in [-0.39, 0.29) is 34.8 Å². The van der Waals surface area contributed by atoms with Crippen molar-refractivity contribution >= 4 is 40.8 Å². The molecule has 1 aliphatic heterocycles. The molecule has 1 aliphatic rings. The van der Waals surface area contributed by atoms with Gasteiger partial charge in [0.2, 0.25) is 5.91 Å². The van der Waals surface area contributed by atoms with Crippen molar-refractivity contribution in [2.75, 3.05) is 13.1 Å². The van der Waals surface area contributed by atoms with Gasteiger partial charge in [-0.1, -0.05) is 0 Å². The fraction of sp³-hybridized carbons (Fsp3) is 0.412. The van der Waals surface area contributed by atoms with Crippen LogP contribution in [-0.2, 0) is 14.3 Å². The van der Waals surface area contributed by atoms with Gasteiger partial charge in [-0.2, -0.15) is 0 Å². The molecule has 0 unspecified atom stereocenters. The van der Waals surface area contributed by atoms with Crippen LogP contribution >= 0.6 is 12.2 Å². The molecule has 0 bridgehead atoms. The first-order valence-corrected chi connectivity index (χ1v) is 8.93. The maximum atomic E-state index is 12.3. The zero-order valence-electron chi connectivity index (χ0n) is 15.3. The monoisotopic (exact) mass is 408 g/mol. The van der Waals surface area contributed by atoms with Gasteiger partial charge in [0.05, 0.1) is 17.4 Å². The average molecular weight is 408 g/mol. The quantitative estimate of drug-likeness (QED) is 0.316. The van der Waals surface area contributed by atoms with Crippen LogP contribution in [0.2, 0.25) is 0 Å². The second-order valence-electron chi connectivity index (χ2n) is 6.31. The maximum absolute atomic E-state index is 12.3. The molecule has 150 valence electrons. The number of rotatable bonds is 5. The summed E-state index contributed by atoms with van der Waals surface area (Å²) in [7, 11) is 0. The number of thiocarbonyl (C=S) groups is 1. The number of esters is 1. The van der Waals surface area contributed by atoms with E-state index in [2.05, 4.69) is 10.6 Å². The first kappa shape index (κ1) is 21.2. The minimum atomic E-state index is -0.898. The summed E-state index contributed by atoms with van der Waals surface area (Å²) < 4.78 is 5.08. The van der Waals surface area contributed by atoms with Crippen molar-refractivity contribution < 1.29 is 24.0 Å². The lowest BCUT2D eigenvalue weighted by atomic mass is 10.1. The first-order chi connectivity index (χ1) is 13.2. The molecule has 2 N–H and O–H groups in total. The van der Waals surface area contributed by atoms with E-state index in [1.54, 1.807) is 13.8 Å². The van der Waals surface area contributed by atoms with Crippen LogP contribution in [0.5, 0.6) is 0 Å². The van der Waals surface area contributed by atoms with E-state index in [0.717, 1.165) is 0 Å². The highest BCUT2D eigenvalue weighted by Gasteiger charge is 2.34. The summed E-state index contributed by atoms with van der Waals surface area (Å²) in [5, 5.41) is 15.8. The Kier molecular flexibility index (Phi) is 6.99. The number of carbonyl (C=O) groups excluding carboxylic acids is 3. The first-order valence-electron chi connectivity index (χ1n) is 8.52. The number of benzene rings is 1. The number of nitro groups is 1. The number of ether oxygens (including phenoxy) is 1. The minimum absolute atomic E-state index is 0.0134. The Morgan fingerprint density at radius 3 is 2.61 bits per heavy atom. The zero-order chi connectivity index (χ0) is 20.8. The van der Waals surface area contributed by atoms with Gasteiger partial charge in [0, 0.05) is 30.8 Å². The van der Waals surface area contributed by atoms with Crippen molar-refractivity contribution in [1.29, 1.82) is 0 Å². The molecule has 0 spiro atoms. The number of non-ortho nitro benzene ring substituents is 1. The molecule has 2 rings (SSSR count). The van der Waals surface area contributed by atoms with E-state index in [9.17, 15) is 24.5 Å². The van der Waals surface area contributed by atoms with Gasteiger partial charge in [-0.3, -0.25) is 29.8 Å². The Labute approximate surface area is 166 Å². The van der Waals surface area contributed by atoms with Crippen molar-refractivity contribution in [2.45, 2.75) is 32.4 Å². The third-order valence-corrected chi connectivity index (χ3v) is 4.22. The number of amides is 2. The molecular formula is C17H20N4O6S. The van der Waals surface area contributed by atoms with Crippen LogP contribution in [0.4, 0.5) is 5.69 Å². The predicted molar refractivity (Wildman–Crippen MR) is 103 cm³/mol. The molecule has 1 aromatic rings. The molecule has 0 aromatic heterocycles. The lowest BCUT2D eigenvalue weighted by Crippen LogP contribution is -2.60.